The molecule has 152 valence electrons. The predicted octanol–water partition coefficient (Wildman–Crippen LogP) is 3.21. The van der Waals surface area contributed by atoms with Crippen molar-refractivity contribution in [1.82, 2.24) is 10.2 Å². The molecule has 1 fully saturated rings. The number of aliphatic imine (C=N–C) groups is 1. The van der Waals surface area contributed by atoms with Gasteiger partial charge in [-0.2, -0.15) is 0 Å². The first kappa shape index (κ1) is 23.4. The maximum absolute atomic E-state index is 13.8. The molecule has 0 aromatic heterocycles. The number of halogens is 5. The highest BCUT2D eigenvalue weighted by Gasteiger charge is 2.28. The Morgan fingerprint density at radius 1 is 1.30 bits per heavy atom. The zero-order valence-electron chi connectivity index (χ0n) is 15.0. The minimum atomic E-state index is -1.46. The lowest BCUT2D eigenvalue weighted by molar-refractivity contribution is -0.149. The van der Waals surface area contributed by atoms with Crippen molar-refractivity contribution in [2.45, 2.75) is 26.3 Å². The van der Waals surface area contributed by atoms with Gasteiger partial charge in [0.15, 0.2) is 29.2 Å². The molecule has 2 rings (SSSR count). The molecule has 1 saturated heterocycles. The molecule has 0 aliphatic carbocycles. The second-order valence-electron chi connectivity index (χ2n) is 5.88. The number of rotatable bonds is 4. The van der Waals surface area contributed by atoms with Crippen LogP contribution in [0.2, 0.25) is 0 Å². The van der Waals surface area contributed by atoms with Gasteiger partial charge < -0.3 is 15.0 Å². The van der Waals surface area contributed by atoms with Crippen LogP contribution < -0.4 is 5.32 Å². The van der Waals surface area contributed by atoms with E-state index in [-0.39, 0.29) is 54.5 Å². The van der Waals surface area contributed by atoms with Crippen LogP contribution in [0.5, 0.6) is 0 Å². The Labute approximate surface area is 172 Å². The minimum Gasteiger partial charge on any atom is -0.466 e. The SMILES string of the molecule is CCOC(=O)[C@H]1CCCN(C(=NC)NCc2c(F)c(F)cc(F)c2F)C1.I. The molecule has 0 bridgehead atoms. The van der Waals surface area contributed by atoms with E-state index in [2.05, 4.69) is 10.3 Å². The highest BCUT2D eigenvalue weighted by molar-refractivity contribution is 14.0. The summed E-state index contributed by atoms with van der Waals surface area (Å²) < 4.78 is 59.1. The molecule has 10 heteroatoms. The molecule has 5 nitrogen and oxygen atoms in total. The largest absolute Gasteiger partial charge is 0.466 e. The van der Waals surface area contributed by atoms with E-state index >= 15 is 0 Å². The van der Waals surface area contributed by atoms with Crippen LogP contribution >= 0.6 is 24.0 Å². The second-order valence-corrected chi connectivity index (χ2v) is 5.88. The Kier molecular flexibility index (Phi) is 9.27. The molecule has 0 amide bonds. The van der Waals surface area contributed by atoms with E-state index in [1.807, 2.05) is 0 Å². The van der Waals surface area contributed by atoms with Crippen molar-refractivity contribution >= 4 is 35.9 Å². The van der Waals surface area contributed by atoms with E-state index in [4.69, 9.17) is 4.74 Å². The first-order valence-electron chi connectivity index (χ1n) is 8.33. The molecule has 1 aliphatic rings. The number of piperidine rings is 1. The molecular formula is C17H22F4IN3O2. The van der Waals surface area contributed by atoms with E-state index < -0.39 is 35.4 Å². The van der Waals surface area contributed by atoms with Gasteiger partial charge in [0.1, 0.15) is 0 Å². The van der Waals surface area contributed by atoms with E-state index in [1.54, 1.807) is 11.8 Å². The summed E-state index contributed by atoms with van der Waals surface area (Å²) in [6.07, 6.45) is 1.38. The first-order valence-corrected chi connectivity index (χ1v) is 8.33. The summed E-state index contributed by atoms with van der Waals surface area (Å²) in [7, 11) is 1.47. The summed E-state index contributed by atoms with van der Waals surface area (Å²) in [5.41, 5.74) is -0.748. The zero-order valence-corrected chi connectivity index (χ0v) is 17.4. The van der Waals surface area contributed by atoms with Crippen LogP contribution in [0.4, 0.5) is 17.6 Å². The molecule has 1 atom stereocenters. The van der Waals surface area contributed by atoms with Crippen LogP contribution in [0, 0.1) is 29.2 Å². The van der Waals surface area contributed by atoms with Crippen molar-refractivity contribution < 1.29 is 27.1 Å². The maximum atomic E-state index is 13.8. The number of carbonyl (C=O) groups excluding carboxylic acids is 1. The Morgan fingerprint density at radius 3 is 2.48 bits per heavy atom. The summed E-state index contributed by atoms with van der Waals surface area (Å²) in [4.78, 5) is 17.7. The van der Waals surface area contributed by atoms with E-state index in [0.717, 1.165) is 0 Å². The van der Waals surface area contributed by atoms with Crippen LogP contribution in [-0.2, 0) is 16.1 Å². The van der Waals surface area contributed by atoms with Gasteiger partial charge >= 0.3 is 5.97 Å². The average Bonchev–Trinajstić information content (AvgIpc) is 2.63. The van der Waals surface area contributed by atoms with Crippen LogP contribution in [0.3, 0.4) is 0 Å². The summed E-state index contributed by atoms with van der Waals surface area (Å²) in [5, 5.41) is 2.69. The fourth-order valence-corrected chi connectivity index (χ4v) is 2.90. The lowest BCUT2D eigenvalue weighted by atomic mass is 9.98. The van der Waals surface area contributed by atoms with Gasteiger partial charge in [0.05, 0.1) is 12.5 Å². The van der Waals surface area contributed by atoms with Gasteiger partial charge in [0.25, 0.3) is 0 Å². The molecule has 1 aromatic rings. The minimum absolute atomic E-state index is 0. The van der Waals surface area contributed by atoms with E-state index in [9.17, 15) is 22.4 Å². The second kappa shape index (κ2) is 10.7. The van der Waals surface area contributed by atoms with Crippen molar-refractivity contribution in [3.63, 3.8) is 0 Å². The normalized spacial score (nSPS) is 17.3. The van der Waals surface area contributed by atoms with Gasteiger partial charge in [0.2, 0.25) is 0 Å². The fraction of sp³-hybridized carbons (Fsp3) is 0.529. The van der Waals surface area contributed by atoms with Crippen LogP contribution in [-0.4, -0.2) is 43.6 Å². The Balaban J connectivity index is 0.00000364. The van der Waals surface area contributed by atoms with Crippen molar-refractivity contribution in [3.05, 3.63) is 34.9 Å². The molecule has 0 unspecified atom stereocenters. The first-order chi connectivity index (χ1) is 12.4. The van der Waals surface area contributed by atoms with Crippen LogP contribution in [0.1, 0.15) is 25.3 Å². The number of guanidine groups is 1. The standard InChI is InChI=1S/C17H21F4N3O2.HI/c1-3-26-16(25)10-5-4-6-24(9-10)17(22-2)23-8-11-14(20)12(18)7-13(19)15(11)21;/h7,10H,3-6,8-9H2,1-2H3,(H,22,23);1H/t10-;/m0./s1. The number of nitrogens with zero attached hydrogens (tertiary/aromatic N) is 2. The number of hydrogen-bond acceptors (Lipinski definition) is 3. The molecule has 0 radical (unpaired) electrons. The smallest absolute Gasteiger partial charge is 0.310 e. The quantitative estimate of drug-likeness (QED) is 0.171. The predicted molar refractivity (Wildman–Crippen MR) is 103 cm³/mol. The maximum Gasteiger partial charge on any atom is 0.310 e. The number of benzene rings is 1. The number of ether oxygens (including phenoxy) is 1. The summed E-state index contributed by atoms with van der Waals surface area (Å²) in [5.74, 6) is -6.18. The summed E-state index contributed by atoms with van der Waals surface area (Å²) in [6, 6.07) is 0.164. The Morgan fingerprint density at radius 2 is 1.93 bits per heavy atom. The van der Waals surface area contributed by atoms with Gasteiger partial charge in [0, 0.05) is 38.3 Å². The van der Waals surface area contributed by atoms with Gasteiger partial charge in [-0.05, 0) is 19.8 Å². The van der Waals surface area contributed by atoms with Gasteiger partial charge in [-0.15, -0.1) is 24.0 Å². The molecule has 1 aliphatic heterocycles. The lowest BCUT2D eigenvalue weighted by Crippen LogP contribution is -2.48. The number of likely N-dealkylation sites (tertiary alicyclic amines) is 1. The van der Waals surface area contributed by atoms with Crippen LogP contribution in [0.15, 0.2) is 11.1 Å². The summed E-state index contributed by atoms with van der Waals surface area (Å²) >= 11 is 0. The van der Waals surface area contributed by atoms with Crippen LogP contribution in [0.25, 0.3) is 0 Å². The number of carbonyl (C=O) groups is 1. The molecule has 1 aromatic carbocycles. The average molecular weight is 503 g/mol. The van der Waals surface area contributed by atoms with Gasteiger partial charge in [-0.25, -0.2) is 17.6 Å². The molecule has 0 spiro atoms. The lowest BCUT2D eigenvalue weighted by Gasteiger charge is -2.34. The van der Waals surface area contributed by atoms with Gasteiger partial charge in [-0.1, -0.05) is 0 Å². The van der Waals surface area contributed by atoms with E-state index in [0.29, 0.717) is 25.9 Å². The monoisotopic (exact) mass is 503 g/mol. The van der Waals surface area contributed by atoms with E-state index in [1.165, 1.54) is 7.05 Å². The molecule has 0 saturated carbocycles. The Hall–Kier alpha value is -1.59. The number of esters is 1. The highest BCUT2D eigenvalue weighted by Crippen LogP contribution is 2.20. The number of nitrogens with one attached hydrogen (secondary N) is 1. The van der Waals surface area contributed by atoms with Crippen molar-refractivity contribution in [1.29, 1.82) is 0 Å². The van der Waals surface area contributed by atoms with Gasteiger partial charge in [-0.3, -0.25) is 9.79 Å². The molecule has 27 heavy (non-hydrogen) atoms. The topological polar surface area (TPSA) is 53.9 Å². The molecule has 1 heterocycles. The summed E-state index contributed by atoms with van der Waals surface area (Å²) in [6.45, 7) is 2.44. The third kappa shape index (κ3) is 5.69. The molecular weight excluding hydrogens is 481 g/mol. The van der Waals surface area contributed by atoms with Crippen molar-refractivity contribution in [3.8, 4) is 0 Å². The molecule has 1 N–H and O–H groups in total. The van der Waals surface area contributed by atoms with Crippen molar-refractivity contribution in [2.75, 3.05) is 26.7 Å². The highest BCUT2D eigenvalue weighted by atomic mass is 127. The number of hydrogen-bond donors (Lipinski definition) is 1. The zero-order chi connectivity index (χ0) is 19.3. The Bertz CT molecular complexity index is 677. The third-order valence-corrected chi connectivity index (χ3v) is 4.18. The fourth-order valence-electron chi connectivity index (χ4n) is 2.90. The van der Waals surface area contributed by atoms with Crippen molar-refractivity contribution in [2.24, 2.45) is 10.9 Å². The third-order valence-electron chi connectivity index (χ3n) is 4.18.